The maximum absolute atomic E-state index is 10.9. The van der Waals surface area contributed by atoms with Crippen LogP contribution in [0.25, 0.3) is 0 Å². The summed E-state index contributed by atoms with van der Waals surface area (Å²) in [6, 6.07) is 4.82. The van der Waals surface area contributed by atoms with Crippen LogP contribution in [0.3, 0.4) is 0 Å². The zero-order valence-corrected chi connectivity index (χ0v) is 12.8. The van der Waals surface area contributed by atoms with Crippen LogP contribution >= 0.6 is 11.8 Å². The molecule has 0 amide bonds. The highest BCUT2D eigenvalue weighted by molar-refractivity contribution is 8.14. The van der Waals surface area contributed by atoms with E-state index in [1.165, 1.54) is 6.07 Å². The summed E-state index contributed by atoms with van der Waals surface area (Å²) < 4.78 is 0. The molecule has 0 bridgehead atoms. The third-order valence-corrected chi connectivity index (χ3v) is 4.06. The van der Waals surface area contributed by atoms with Crippen molar-refractivity contribution < 1.29 is 4.92 Å². The summed E-state index contributed by atoms with van der Waals surface area (Å²) in [5.74, 6) is 1.60. The minimum Gasteiger partial charge on any atom is -0.350 e. The van der Waals surface area contributed by atoms with Gasteiger partial charge in [0, 0.05) is 31.0 Å². The van der Waals surface area contributed by atoms with E-state index < -0.39 is 0 Å². The molecule has 2 rings (SSSR count). The fourth-order valence-corrected chi connectivity index (χ4v) is 3.09. The van der Waals surface area contributed by atoms with Gasteiger partial charge in [0.2, 0.25) is 0 Å². The molecule has 0 aliphatic carbocycles. The fraction of sp³-hybridized carbons (Fsp3) is 0.500. The van der Waals surface area contributed by atoms with E-state index in [4.69, 9.17) is 0 Å². The Balaban J connectivity index is 2.29. The first-order valence-electron chi connectivity index (χ1n) is 6.69. The molecule has 0 aromatic heterocycles. The summed E-state index contributed by atoms with van der Waals surface area (Å²) in [7, 11) is 0. The van der Waals surface area contributed by atoms with Gasteiger partial charge in [-0.15, -0.1) is 0 Å². The maximum atomic E-state index is 10.9. The SMILES string of the molecule is Cc1ccc([N+](=O)[O-])cc1N=C1SCCN1CC(C)C. The first-order valence-corrected chi connectivity index (χ1v) is 7.67. The molecule has 1 saturated heterocycles. The third-order valence-electron chi connectivity index (χ3n) is 3.07. The Hall–Kier alpha value is -1.56. The lowest BCUT2D eigenvalue weighted by atomic mass is 10.2. The van der Waals surface area contributed by atoms with Crippen molar-refractivity contribution >= 4 is 28.3 Å². The number of non-ortho nitro benzene ring substituents is 1. The fourth-order valence-electron chi connectivity index (χ4n) is 2.08. The summed E-state index contributed by atoms with van der Waals surface area (Å²) in [5.41, 5.74) is 1.74. The lowest BCUT2D eigenvalue weighted by molar-refractivity contribution is -0.384. The van der Waals surface area contributed by atoms with Crippen molar-refractivity contribution in [2.75, 3.05) is 18.8 Å². The Labute approximate surface area is 123 Å². The highest BCUT2D eigenvalue weighted by atomic mass is 32.2. The van der Waals surface area contributed by atoms with E-state index in [0.717, 1.165) is 29.6 Å². The quantitative estimate of drug-likeness (QED) is 0.628. The van der Waals surface area contributed by atoms with Gasteiger partial charge in [0.05, 0.1) is 10.6 Å². The van der Waals surface area contributed by atoms with Crippen LogP contribution in [0, 0.1) is 23.0 Å². The van der Waals surface area contributed by atoms with Crippen molar-refractivity contribution in [1.82, 2.24) is 4.90 Å². The average molecular weight is 293 g/mol. The van der Waals surface area contributed by atoms with Crippen molar-refractivity contribution in [3.8, 4) is 0 Å². The number of aryl methyl sites for hydroxylation is 1. The van der Waals surface area contributed by atoms with Crippen LogP contribution in [-0.2, 0) is 0 Å². The third kappa shape index (κ3) is 3.50. The summed E-state index contributed by atoms with van der Waals surface area (Å²) in [5, 5.41) is 11.8. The molecule has 1 aromatic rings. The zero-order valence-electron chi connectivity index (χ0n) is 12.0. The Morgan fingerprint density at radius 2 is 2.25 bits per heavy atom. The first kappa shape index (κ1) is 14.8. The minimum absolute atomic E-state index is 0.0911. The molecule has 108 valence electrons. The van der Waals surface area contributed by atoms with Crippen LogP contribution in [0.5, 0.6) is 0 Å². The van der Waals surface area contributed by atoms with Gasteiger partial charge < -0.3 is 4.90 Å². The number of rotatable bonds is 4. The molecule has 1 aliphatic heterocycles. The summed E-state index contributed by atoms with van der Waals surface area (Å²) >= 11 is 1.72. The smallest absolute Gasteiger partial charge is 0.271 e. The van der Waals surface area contributed by atoms with E-state index in [1.54, 1.807) is 23.9 Å². The van der Waals surface area contributed by atoms with Crippen LogP contribution in [0.15, 0.2) is 23.2 Å². The summed E-state index contributed by atoms with van der Waals surface area (Å²) in [6.07, 6.45) is 0. The van der Waals surface area contributed by atoms with Gasteiger partial charge in [0.25, 0.3) is 5.69 Å². The van der Waals surface area contributed by atoms with Crippen molar-refractivity contribution in [3.05, 3.63) is 33.9 Å². The van der Waals surface area contributed by atoms with Gasteiger partial charge in [-0.2, -0.15) is 0 Å². The van der Waals surface area contributed by atoms with Crippen molar-refractivity contribution in [2.45, 2.75) is 20.8 Å². The highest BCUT2D eigenvalue weighted by Crippen LogP contribution is 2.28. The zero-order chi connectivity index (χ0) is 14.7. The van der Waals surface area contributed by atoms with E-state index in [1.807, 2.05) is 6.92 Å². The minimum atomic E-state index is -0.378. The number of thioether (sulfide) groups is 1. The van der Waals surface area contributed by atoms with Crippen LogP contribution in [0.4, 0.5) is 11.4 Å². The molecule has 1 heterocycles. The van der Waals surface area contributed by atoms with E-state index in [0.29, 0.717) is 11.6 Å². The Morgan fingerprint density at radius 1 is 1.50 bits per heavy atom. The molecule has 1 aromatic carbocycles. The number of nitro benzene ring substituents is 1. The lowest BCUT2D eigenvalue weighted by Crippen LogP contribution is -2.28. The molecule has 0 unspecified atom stereocenters. The predicted octanol–water partition coefficient (Wildman–Crippen LogP) is 3.60. The summed E-state index contributed by atoms with van der Waals surface area (Å²) in [4.78, 5) is 17.4. The van der Waals surface area contributed by atoms with Gasteiger partial charge in [-0.3, -0.25) is 10.1 Å². The normalized spacial score (nSPS) is 17.2. The first-order chi connectivity index (χ1) is 9.47. The topological polar surface area (TPSA) is 58.7 Å². The highest BCUT2D eigenvalue weighted by Gasteiger charge is 2.20. The van der Waals surface area contributed by atoms with Crippen molar-refractivity contribution in [3.63, 3.8) is 0 Å². The number of hydrogen-bond acceptors (Lipinski definition) is 4. The second-order valence-electron chi connectivity index (χ2n) is 5.31. The number of hydrogen-bond donors (Lipinski definition) is 0. The monoisotopic (exact) mass is 293 g/mol. The van der Waals surface area contributed by atoms with Crippen molar-refractivity contribution in [2.24, 2.45) is 10.9 Å². The maximum Gasteiger partial charge on any atom is 0.271 e. The number of benzene rings is 1. The van der Waals surface area contributed by atoms with Gasteiger partial charge in [0.15, 0.2) is 5.17 Å². The second kappa shape index (κ2) is 6.26. The van der Waals surface area contributed by atoms with Gasteiger partial charge in [0.1, 0.15) is 0 Å². The number of amidine groups is 1. The van der Waals surface area contributed by atoms with Crippen LogP contribution < -0.4 is 0 Å². The van der Waals surface area contributed by atoms with E-state index in [2.05, 4.69) is 23.7 Å². The molecule has 1 fully saturated rings. The molecule has 0 saturated carbocycles. The van der Waals surface area contributed by atoms with Gasteiger partial charge in [-0.25, -0.2) is 4.99 Å². The molecular formula is C14H19N3O2S. The predicted molar refractivity (Wildman–Crippen MR) is 83.8 cm³/mol. The van der Waals surface area contributed by atoms with E-state index in [-0.39, 0.29) is 10.6 Å². The Bertz CT molecular complexity index is 543. The second-order valence-corrected chi connectivity index (χ2v) is 6.37. The molecular weight excluding hydrogens is 274 g/mol. The van der Waals surface area contributed by atoms with E-state index in [9.17, 15) is 10.1 Å². The molecule has 1 aliphatic rings. The number of nitrogens with zero attached hydrogens (tertiary/aromatic N) is 3. The molecule has 0 atom stereocenters. The van der Waals surface area contributed by atoms with Crippen LogP contribution in [-0.4, -0.2) is 33.8 Å². The summed E-state index contributed by atoms with van der Waals surface area (Å²) in [6.45, 7) is 8.25. The molecule has 20 heavy (non-hydrogen) atoms. The van der Waals surface area contributed by atoms with E-state index >= 15 is 0 Å². The van der Waals surface area contributed by atoms with Gasteiger partial charge in [-0.1, -0.05) is 31.7 Å². The molecule has 0 spiro atoms. The number of aliphatic imine (C=N–C) groups is 1. The molecule has 0 radical (unpaired) electrons. The Kier molecular flexibility index (Phi) is 4.65. The largest absolute Gasteiger partial charge is 0.350 e. The Morgan fingerprint density at radius 3 is 2.90 bits per heavy atom. The molecule has 6 heteroatoms. The standard InChI is InChI=1S/C14H19N3O2S/c1-10(2)9-16-6-7-20-14(16)15-13-8-12(17(18)19)5-4-11(13)3/h4-5,8,10H,6-7,9H2,1-3H3. The molecule has 0 N–H and O–H groups in total. The molecule has 5 nitrogen and oxygen atoms in total. The van der Waals surface area contributed by atoms with Crippen LogP contribution in [0.2, 0.25) is 0 Å². The number of nitro groups is 1. The van der Waals surface area contributed by atoms with Crippen molar-refractivity contribution in [1.29, 1.82) is 0 Å². The van der Waals surface area contributed by atoms with Gasteiger partial charge >= 0.3 is 0 Å². The van der Waals surface area contributed by atoms with Gasteiger partial charge in [-0.05, 0) is 18.4 Å². The average Bonchev–Trinajstić information content (AvgIpc) is 2.78. The van der Waals surface area contributed by atoms with Crippen LogP contribution in [0.1, 0.15) is 19.4 Å². The lowest BCUT2D eigenvalue weighted by Gasteiger charge is -2.20.